The lowest BCUT2D eigenvalue weighted by Gasteiger charge is -2.03. The predicted octanol–water partition coefficient (Wildman–Crippen LogP) is 3.05. The second-order valence-electron chi connectivity index (χ2n) is 2.91. The van der Waals surface area contributed by atoms with E-state index in [0.717, 1.165) is 5.56 Å². The third-order valence-electron chi connectivity index (χ3n) is 1.73. The highest BCUT2D eigenvalue weighted by molar-refractivity contribution is 8.14. The Labute approximate surface area is 104 Å². The Bertz CT molecular complexity index is 403. The van der Waals surface area contributed by atoms with Gasteiger partial charge in [0, 0.05) is 11.3 Å². The van der Waals surface area contributed by atoms with E-state index in [9.17, 15) is 4.79 Å². The molecule has 5 heteroatoms. The summed E-state index contributed by atoms with van der Waals surface area (Å²) in [6, 6.07) is 9.44. The van der Waals surface area contributed by atoms with Gasteiger partial charge in [0.1, 0.15) is 5.04 Å². The van der Waals surface area contributed by atoms with Gasteiger partial charge in [-0.2, -0.15) is 0 Å². The van der Waals surface area contributed by atoms with E-state index in [2.05, 4.69) is 21.3 Å². The van der Waals surface area contributed by atoms with Crippen LogP contribution >= 0.6 is 11.8 Å². The van der Waals surface area contributed by atoms with E-state index < -0.39 is 6.16 Å². The van der Waals surface area contributed by atoms with Gasteiger partial charge in [0.15, 0.2) is 0 Å². The molecule has 0 unspecified atom stereocenters. The van der Waals surface area contributed by atoms with Crippen molar-refractivity contribution in [3.05, 3.63) is 48.6 Å². The number of rotatable bonds is 4. The van der Waals surface area contributed by atoms with Crippen LogP contribution in [0.1, 0.15) is 5.56 Å². The number of ether oxygens (including phenoxy) is 1. The topological polar surface area (TPSA) is 47.9 Å². The number of thioether (sulfide) groups is 1. The Morgan fingerprint density at radius 1 is 1.47 bits per heavy atom. The molecule has 0 bridgehead atoms. The van der Waals surface area contributed by atoms with Crippen LogP contribution in [0.4, 0.5) is 4.79 Å². The molecule has 90 valence electrons. The van der Waals surface area contributed by atoms with E-state index >= 15 is 0 Å². The molecule has 1 aromatic rings. The Morgan fingerprint density at radius 3 is 2.76 bits per heavy atom. The minimum atomic E-state index is -0.836. The van der Waals surface area contributed by atoms with Crippen molar-refractivity contribution in [3.8, 4) is 0 Å². The zero-order chi connectivity index (χ0) is 12.5. The van der Waals surface area contributed by atoms with Gasteiger partial charge in [0.2, 0.25) is 0 Å². The number of methoxy groups -OCH3 is 1. The normalized spacial score (nSPS) is 10.8. The average Bonchev–Trinajstić information content (AvgIpc) is 2.39. The Kier molecular flexibility index (Phi) is 5.88. The fourth-order valence-electron chi connectivity index (χ4n) is 0.997. The summed E-state index contributed by atoms with van der Waals surface area (Å²) in [7, 11) is 1.23. The number of hydrogen-bond acceptors (Lipinski definition) is 5. The Morgan fingerprint density at radius 2 is 2.18 bits per heavy atom. The molecule has 1 aromatic carbocycles. The van der Waals surface area contributed by atoms with Gasteiger partial charge in [0.05, 0.1) is 7.11 Å². The maximum atomic E-state index is 10.8. The average molecular weight is 251 g/mol. The van der Waals surface area contributed by atoms with Crippen molar-refractivity contribution in [2.75, 3.05) is 12.9 Å². The van der Waals surface area contributed by atoms with Crippen LogP contribution in [0.5, 0.6) is 0 Å². The molecular formula is C12H13NO3S. The molecule has 0 atom stereocenters. The molecule has 1 rings (SSSR count). The number of nitrogens with zero attached hydrogens (tertiary/aromatic N) is 1. The van der Waals surface area contributed by atoms with E-state index in [0.29, 0.717) is 10.8 Å². The molecule has 0 saturated carbocycles. The van der Waals surface area contributed by atoms with E-state index in [1.54, 1.807) is 6.08 Å². The van der Waals surface area contributed by atoms with Crippen molar-refractivity contribution in [2.24, 2.45) is 5.16 Å². The SMILES string of the molecule is C=CCSC(=NOC(=O)OC)c1ccccc1. The fourth-order valence-corrected chi connectivity index (χ4v) is 1.67. The minimum absolute atomic E-state index is 0.607. The molecule has 0 aliphatic heterocycles. The van der Waals surface area contributed by atoms with Gasteiger partial charge in [-0.25, -0.2) is 4.79 Å². The van der Waals surface area contributed by atoms with Gasteiger partial charge in [-0.05, 0) is 0 Å². The van der Waals surface area contributed by atoms with E-state index in [1.807, 2.05) is 30.3 Å². The monoisotopic (exact) mass is 251 g/mol. The van der Waals surface area contributed by atoms with E-state index in [4.69, 9.17) is 0 Å². The molecule has 0 amide bonds. The summed E-state index contributed by atoms with van der Waals surface area (Å²) >= 11 is 1.43. The van der Waals surface area contributed by atoms with Crippen LogP contribution in [0.15, 0.2) is 48.1 Å². The second kappa shape index (κ2) is 7.51. The molecule has 0 spiro atoms. The van der Waals surface area contributed by atoms with Gasteiger partial charge in [-0.1, -0.05) is 53.3 Å². The summed E-state index contributed by atoms with van der Waals surface area (Å²) in [5.74, 6) is 0.679. The maximum absolute atomic E-state index is 10.8. The van der Waals surface area contributed by atoms with Crippen molar-refractivity contribution in [1.29, 1.82) is 0 Å². The molecule has 0 aromatic heterocycles. The van der Waals surface area contributed by atoms with Gasteiger partial charge in [-0.15, -0.1) is 6.58 Å². The molecule has 0 N–H and O–H groups in total. The highest BCUT2D eigenvalue weighted by Gasteiger charge is 2.06. The molecule has 0 aliphatic rings. The third-order valence-corrected chi connectivity index (χ3v) is 2.71. The summed E-state index contributed by atoms with van der Waals surface area (Å²) in [5.41, 5.74) is 0.878. The van der Waals surface area contributed by atoms with Crippen LogP contribution < -0.4 is 0 Å². The van der Waals surface area contributed by atoms with E-state index in [1.165, 1.54) is 18.9 Å². The summed E-state index contributed by atoms with van der Waals surface area (Å²) < 4.78 is 4.34. The molecule has 4 nitrogen and oxygen atoms in total. The number of hydrogen-bond donors (Lipinski definition) is 0. The second-order valence-corrected chi connectivity index (χ2v) is 3.92. The third kappa shape index (κ3) is 4.74. The summed E-state index contributed by atoms with van der Waals surface area (Å²) in [5, 5.41) is 4.37. The largest absolute Gasteiger partial charge is 0.534 e. The van der Waals surface area contributed by atoms with Crippen LogP contribution in [0.3, 0.4) is 0 Å². The molecule has 0 aliphatic carbocycles. The molecule has 0 radical (unpaired) electrons. The highest BCUT2D eigenvalue weighted by Crippen LogP contribution is 2.14. The first-order chi connectivity index (χ1) is 8.27. The molecular weight excluding hydrogens is 238 g/mol. The lowest BCUT2D eigenvalue weighted by molar-refractivity contribution is 0.0757. The quantitative estimate of drug-likeness (QED) is 0.206. The molecule has 0 saturated heterocycles. The van der Waals surface area contributed by atoms with Crippen LogP contribution in [0.2, 0.25) is 0 Å². The molecule has 0 fully saturated rings. The Hall–Kier alpha value is -1.75. The maximum Gasteiger partial charge on any atom is 0.534 e. The first-order valence-corrected chi connectivity index (χ1v) is 5.88. The Balaban J connectivity index is 2.80. The lowest BCUT2D eigenvalue weighted by atomic mass is 10.2. The van der Waals surface area contributed by atoms with Crippen LogP contribution in [0.25, 0.3) is 0 Å². The smallest absolute Gasteiger partial charge is 0.436 e. The lowest BCUT2D eigenvalue weighted by Crippen LogP contribution is -2.03. The number of benzene rings is 1. The zero-order valence-electron chi connectivity index (χ0n) is 9.46. The molecule has 0 heterocycles. The first-order valence-electron chi connectivity index (χ1n) is 4.90. The highest BCUT2D eigenvalue weighted by atomic mass is 32.2. The summed E-state index contributed by atoms with van der Waals surface area (Å²) in [6.07, 6.45) is 0.916. The van der Waals surface area contributed by atoms with Gasteiger partial charge >= 0.3 is 6.16 Å². The number of carbonyl (C=O) groups is 1. The van der Waals surface area contributed by atoms with Crippen LogP contribution in [-0.2, 0) is 9.57 Å². The minimum Gasteiger partial charge on any atom is -0.436 e. The first kappa shape index (κ1) is 13.3. The fraction of sp³-hybridized carbons (Fsp3) is 0.167. The van der Waals surface area contributed by atoms with Gasteiger partial charge in [0.25, 0.3) is 0 Å². The molecule has 17 heavy (non-hydrogen) atoms. The number of oxime groups is 1. The van der Waals surface area contributed by atoms with Gasteiger partial charge in [-0.3, -0.25) is 4.84 Å². The van der Waals surface area contributed by atoms with Crippen molar-refractivity contribution < 1.29 is 14.4 Å². The van der Waals surface area contributed by atoms with Crippen molar-refractivity contribution >= 4 is 23.0 Å². The standard InChI is InChI=1S/C12H13NO3S/c1-3-9-17-11(13-16-12(14)15-2)10-7-5-4-6-8-10/h3-8H,1,9H2,2H3. The van der Waals surface area contributed by atoms with Crippen molar-refractivity contribution in [2.45, 2.75) is 0 Å². The van der Waals surface area contributed by atoms with E-state index in [-0.39, 0.29) is 0 Å². The van der Waals surface area contributed by atoms with Crippen molar-refractivity contribution in [1.82, 2.24) is 0 Å². The summed E-state index contributed by atoms with van der Waals surface area (Å²) in [4.78, 5) is 15.4. The predicted molar refractivity (Wildman–Crippen MR) is 69.1 cm³/mol. The number of carbonyl (C=O) groups excluding carboxylic acids is 1. The van der Waals surface area contributed by atoms with Crippen LogP contribution in [-0.4, -0.2) is 24.1 Å². The van der Waals surface area contributed by atoms with Crippen LogP contribution in [0, 0.1) is 0 Å². The zero-order valence-corrected chi connectivity index (χ0v) is 10.3. The van der Waals surface area contributed by atoms with Gasteiger partial charge < -0.3 is 4.74 Å². The summed E-state index contributed by atoms with van der Waals surface area (Å²) in [6.45, 7) is 3.63. The van der Waals surface area contributed by atoms with Crippen molar-refractivity contribution in [3.63, 3.8) is 0 Å².